The maximum atomic E-state index is 16.4. The molecule has 0 amide bonds. The fraction of sp³-hybridized carbons (Fsp3) is 0.0580. The summed E-state index contributed by atoms with van der Waals surface area (Å²) in [6.07, 6.45) is -0.803. The lowest BCUT2D eigenvalue weighted by Crippen LogP contribution is -2.36. The third-order valence-electron chi connectivity index (χ3n) is 17.2. The van der Waals surface area contributed by atoms with Crippen molar-refractivity contribution < 1.29 is 4.74 Å². The molecule has 0 radical (unpaired) electrons. The van der Waals surface area contributed by atoms with Gasteiger partial charge in [-0.05, 0) is 112 Å². The van der Waals surface area contributed by atoms with Crippen molar-refractivity contribution in [3.05, 3.63) is 303 Å². The van der Waals surface area contributed by atoms with Gasteiger partial charge in [-0.2, -0.15) is 0 Å². The second-order valence-electron chi connectivity index (χ2n) is 20.4. The summed E-state index contributed by atoms with van der Waals surface area (Å²) < 4.78 is 11.4. The Labute approximate surface area is 422 Å². The highest BCUT2D eigenvalue weighted by Gasteiger charge is 2.66. The molecule has 2 unspecified atom stereocenters. The minimum absolute atomic E-state index is 0.00822. The summed E-state index contributed by atoms with van der Waals surface area (Å²) >= 11 is 0. The average molecular weight is 931 g/mol. The van der Waals surface area contributed by atoms with Crippen LogP contribution in [0.3, 0.4) is 0 Å². The molecule has 11 aromatic rings. The van der Waals surface area contributed by atoms with Gasteiger partial charge in [0.1, 0.15) is 6.10 Å². The van der Waals surface area contributed by atoms with Crippen molar-refractivity contribution in [2.75, 3.05) is 0 Å². The molecule has 1 saturated heterocycles. The van der Waals surface area contributed by atoms with Gasteiger partial charge in [0.15, 0.2) is 6.23 Å². The lowest BCUT2D eigenvalue weighted by molar-refractivity contribution is 0.314. The molecular formula is C69H42N2O2. The standard InChI is InChI=1S/C69H42N2O2/c72-66-62-64(54-38-36-44(48-26-10-8-24-46(48)42-21-5-2-6-22-42)40-60(54)69(62)57-33-17-13-29-51(57)52-30-14-18-34-58(52)69)70-63-53-37-35-43(47-25-9-7-23-45(47)41-19-3-1-4-20-41)39-59(53)68(61(63)65-67(73-65)71(66)70)55-31-15-11-27-49(55)50-28-12-16-32-56(50)68/h1-40,65,67H. The second-order valence-corrected chi connectivity index (χ2v) is 20.4. The van der Waals surface area contributed by atoms with Gasteiger partial charge in [0, 0.05) is 16.7 Å². The van der Waals surface area contributed by atoms with Crippen molar-refractivity contribution in [3.63, 3.8) is 0 Å². The molecule has 1 fully saturated rings. The molecule has 0 bridgehead atoms. The average Bonchev–Trinajstić information content (AvgIpc) is 3.82. The van der Waals surface area contributed by atoms with Crippen molar-refractivity contribution in [1.29, 1.82) is 0 Å². The van der Waals surface area contributed by atoms with E-state index in [1.165, 1.54) is 61.2 Å². The van der Waals surface area contributed by atoms with Gasteiger partial charge in [0.2, 0.25) is 0 Å². The van der Waals surface area contributed by atoms with Gasteiger partial charge in [0.25, 0.3) is 5.56 Å². The predicted molar refractivity (Wildman–Crippen MR) is 291 cm³/mol. The Bertz CT molecular complexity index is 4250. The quantitative estimate of drug-likeness (QED) is 0.165. The normalized spacial score (nSPS) is 17.5. The molecule has 0 N–H and O–H groups in total. The summed E-state index contributed by atoms with van der Waals surface area (Å²) in [5, 5.41) is 0. The van der Waals surface area contributed by atoms with Gasteiger partial charge < -0.3 is 4.74 Å². The topological polar surface area (TPSA) is 39.5 Å². The molecule has 17 rings (SSSR count). The van der Waals surface area contributed by atoms with E-state index in [2.05, 4.69) is 247 Å². The number of nitrogens with zero attached hydrogens (tertiary/aromatic N) is 2. The van der Waals surface area contributed by atoms with Gasteiger partial charge >= 0.3 is 0 Å². The fourth-order valence-electron chi connectivity index (χ4n) is 14.5. The molecule has 3 heterocycles. The van der Waals surface area contributed by atoms with Crippen LogP contribution in [0.15, 0.2) is 253 Å². The van der Waals surface area contributed by atoms with E-state index >= 15 is 4.79 Å². The third-order valence-corrected chi connectivity index (χ3v) is 17.2. The number of epoxide rings is 1. The molecule has 340 valence electrons. The Morgan fingerprint density at radius 2 is 0.726 bits per heavy atom. The lowest BCUT2D eigenvalue weighted by atomic mass is 9.68. The maximum Gasteiger partial charge on any atom is 0.275 e. The zero-order valence-corrected chi connectivity index (χ0v) is 39.5. The number of ether oxygens (including phenoxy) is 1. The number of aromatic nitrogens is 2. The van der Waals surface area contributed by atoms with Crippen molar-refractivity contribution in [1.82, 2.24) is 9.36 Å². The van der Waals surface area contributed by atoms with Gasteiger partial charge in [-0.25, -0.2) is 9.36 Å². The number of hydrogen-bond acceptors (Lipinski definition) is 2. The van der Waals surface area contributed by atoms with Crippen LogP contribution in [-0.4, -0.2) is 15.5 Å². The lowest BCUT2D eigenvalue weighted by Gasteiger charge is -2.33. The number of rotatable bonds is 4. The Morgan fingerprint density at radius 3 is 1.21 bits per heavy atom. The molecule has 2 spiro atoms. The highest BCUT2D eigenvalue weighted by atomic mass is 16.6. The molecule has 4 heteroatoms. The molecule has 6 aliphatic rings. The van der Waals surface area contributed by atoms with Gasteiger partial charge in [0.05, 0.1) is 27.8 Å². The van der Waals surface area contributed by atoms with E-state index in [1.807, 2.05) is 4.68 Å². The molecule has 73 heavy (non-hydrogen) atoms. The first-order valence-electron chi connectivity index (χ1n) is 25.4. The predicted octanol–water partition coefficient (Wildman–Crippen LogP) is 15.2. The Morgan fingerprint density at radius 1 is 0.342 bits per heavy atom. The number of hydrogen-bond donors (Lipinski definition) is 0. The molecule has 0 saturated carbocycles. The summed E-state index contributed by atoms with van der Waals surface area (Å²) in [4.78, 5) is 16.4. The summed E-state index contributed by atoms with van der Waals surface area (Å²) in [5.74, 6) is 0. The fourth-order valence-corrected chi connectivity index (χ4v) is 14.5. The Kier molecular flexibility index (Phi) is 7.63. The van der Waals surface area contributed by atoms with E-state index in [0.717, 1.165) is 72.6 Å². The molecule has 2 aliphatic heterocycles. The van der Waals surface area contributed by atoms with E-state index in [-0.39, 0.29) is 11.7 Å². The van der Waals surface area contributed by atoms with E-state index in [1.54, 1.807) is 0 Å². The third kappa shape index (κ3) is 4.78. The first-order chi connectivity index (χ1) is 36.2. The van der Waals surface area contributed by atoms with Crippen LogP contribution in [0.2, 0.25) is 0 Å². The zero-order chi connectivity index (χ0) is 47.7. The van der Waals surface area contributed by atoms with Crippen molar-refractivity contribution in [2.45, 2.75) is 23.2 Å². The Hall–Kier alpha value is -9.09. The molecular weight excluding hydrogens is 889 g/mol. The van der Waals surface area contributed by atoms with Crippen LogP contribution in [0.4, 0.5) is 0 Å². The molecule has 2 atom stereocenters. The smallest absolute Gasteiger partial charge is 0.275 e. The first kappa shape index (κ1) is 39.6. The molecule has 4 aliphatic carbocycles. The minimum Gasteiger partial charge on any atom is -0.341 e. The molecule has 1 aromatic heterocycles. The second kappa shape index (κ2) is 14.1. The van der Waals surface area contributed by atoms with E-state index in [4.69, 9.17) is 4.74 Å². The summed E-state index contributed by atoms with van der Waals surface area (Å²) in [6.45, 7) is 0. The van der Waals surface area contributed by atoms with Crippen LogP contribution in [0.25, 0.3) is 83.7 Å². The van der Waals surface area contributed by atoms with Crippen LogP contribution in [-0.2, 0) is 15.6 Å². The van der Waals surface area contributed by atoms with Crippen molar-refractivity contribution in [3.8, 4) is 78.0 Å². The van der Waals surface area contributed by atoms with Gasteiger partial charge in [-0.3, -0.25) is 4.79 Å². The van der Waals surface area contributed by atoms with Gasteiger partial charge in [-0.15, -0.1) is 0 Å². The molecule has 4 nitrogen and oxygen atoms in total. The summed E-state index contributed by atoms with van der Waals surface area (Å²) in [7, 11) is 0. The highest BCUT2D eigenvalue weighted by Crippen LogP contribution is 2.70. The van der Waals surface area contributed by atoms with Crippen LogP contribution >= 0.6 is 0 Å². The number of fused-ring (bicyclic) bond motifs is 25. The van der Waals surface area contributed by atoms with E-state index in [0.29, 0.717) is 0 Å². The van der Waals surface area contributed by atoms with Crippen molar-refractivity contribution >= 4 is 5.70 Å². The van der Waals surface area contributed by atoms with Crippen LogP contribution in [0, 0.1) is 0 Å². The Balaban J connectivity index is 0.992. The van der Waals surface area contributed by atoms with Gasteiger partial charge in [-0.1, -0.05) is 231 Å². The largest absolute Gasteiger partial charge is 0.341 e. The van der Waals surface area contributed by atoms with Crippen LogP contribution in [0.5, 0.6) is 0 Å². The first-order valence-corrected chi connectivity index (χ1v) is 25.4. The zero-order valence-electron chi connectivity index (χ0n) is 39.5. The number of benzene rings is 10. The SMILES string of the molecule is O=c1c2c(n3n1C1OC1C1=C3c3ccc(-c4ccccc4-c4ccccc4)cc3C13c1ccccc1-c1ccccc13)-c1ccc(-c3ccccc3-c3ccccc3)cc1C21c2ccccc2-c2ccccc21. The summed E-state index contributed by atoms with van der Waals surface area (Å²) in [6, 6.07) is 88.5. The highest BCUT2D eigenvalue weighted by molar-refractivity contribution is 6.01. The van der Waals surface area contributed by atoms with Crippen LogP contribution in [0.1, 0.15) is 50.7 Å². The maximum absolute atomic E-state index is 16.4. The van der Waals surface area contributed by atoms with E-state index in [9.17, 15) is 0 Å². The van der Waals surface area contributed by atoms with E-state index < -0.39 is 17.1 Å². The molecule has 10 aromatic carbocycles. The summed E-state index contributed by atoms with van der Waals surface area (Å²) in [5.41, 5.74) is 25.8. The minimum atomic E-state index is -0.897. The monoisotopic (exact) mass is 930 g/mol. The van der Waals surface area contributed by atoms with Crippen LogP contribution < -0.4 is 5.56 Å². The van der Waals surface area contributed by atoms with Crippen molar-refractivity contribution in [2.24, 2.45) is 0 Å².